The summed E-state index contributed by atoms with van der Waals surface area (Å²) < 4.78 is 2.33. The van der Waals surface area contributed by atoms with Gasteiger partial charge < -0.3 is 4.57 Å². The van der Waals surface area contributed by atoms with Crippen molar-refractivity contribution in [2.24, 2.45) is 16.8 Å². The molecule has 0 radical (unpaired) electrons. The van der Waals surface area contributed by atoms with Crippen molar-refractivity contribution in [3.63, 3.8) is 0 Å². The van der Waals surface area contributed by atoms with E-state index in [4.69, 9.17) is 10.5 Å². The lowest BCUT2D eigenvalue weighted by Crippen LogP contribution is -2.05. The van der Waals surface area contributed by atoms with Crippen LogP contribution in [0, 0.1) is 48.3 Å². The van der Waals surface area contributed by atoms with Gasteiger partial charge in [0.1, 0.15) is 0 Å². The van der Waals surface area contributed by atoms with Gasteiger partial charge in [0.2, 0.25) is 5.13 Å². The molecular formula is C18H21N5S. The van der Waals surface area contributed by atoms with E-state index in [-0.39, 0.29) is 0 Å². The number of thiazole rings is 1. The van der Waals surface area contributed by atoms with Gasteiger partial charge in [0.15, 0.2) is 5.92 Å². The van der Waals surface area contributed by atoms with Crippen LogP contribution in [0.25, 0.3) is 11.3 Å². The van der Waals surface area contributed by atoms with Crippen LogP contribution in [-0.2, 0) is 6.54 Å². The van der Waals surface area contributed by atoms with Crippen LogP contribution in [0.2, 0.25) is 0 Å². The average molecular weight is 339 g/mol. The zero-order valence-electron chi connectivity index (χ0n) is 14.4. The number of nitrogens with zero attached hydrogens (tertiary/aromatic N) is 5. The second-order valence-electron chi connectivity index (χ2n) is 6.15. The van der Waals surface area contributed by atoms with E-state index in [9.17, 15) is 0 Å². The van der Waals surface area contributed by atoms with Crippen molar-refractivity contribution < 1.29 is 0 Å². The van der Waals surface area contributed by atoms with E-state index in [0.717, 1.165) is 24.2 Å². The van der Waals surface area contributed by atoms with Crippen molar-refractivity contribution in [2.75, 3.05) is 0 Å². The second kappa shape index (κ2) is 7.90. The molecule has 0 N–H and O–H groups in total. The molecule has 2 aromatic rings. The van der Waals surface area contributed by atoms with Crippen LogP contribution in [0.15, 0.2) is 16.4 Å². The molecular weight excluding hydrogens is 318 g/mol. The highest BCUT2D eigenvalue weighted by molar-refractivity contribution is 7.13. The third-order valence-electron chi connectivity index (χ3n) is 3.88. The van der Waals surface area contributed by atoms with E-state index in [1.165, 1.54) is 28.9 Å². The Labute approximate surface area is 146 Å². The van der Waals surface area contributed by atoms with E-state index in [2.05, 4.69) is 48.3 Å². The van der Waals surface area contributed by atoms with Gasteiger partial charge in [-0.3, -0.25) is 0 Å². The van der Waals surface area contributed by atoms with E-state index in [1.54, 1.807) is 0 Å². The Kier molecular flexibility index (Phi) is 5.89. The zero-order chi connectivity index (χ0) is 17.7. The van der Waals surface area contributed by atoms with Gasteiger partial charge in [-0.05, 0) is 32.3 Å². The number of rotatable bonds is 6. The molecule has 2 rings (SSSR count). The standard InChI is InChI=1S/C18H21N5S/c1-12(2)5-6-23-13(3)7-16(14(23)4)17-11-24-18(22-17)21-10-15(8-19)9-20/h7,10-12,15H,5-6H2,1-4H3. The molecule has 0 bridgehead atoms. The maximum atomic E-state index is 8.76. The Morgan fingerprint density at radius 2 is 2.04 bits per heavy atom. The quantitative estimate of drug-likeness (QED) is 0.719. The van der Waals surface area contributed by atoms with Crippen LogP contribution >= 0.6 is 11.3 Å². The van der Waals surface area contributed by atoms with Crippen molar-refractivity contribution >= 4 is 22.7 Å². The summed E-state index contributed by atoms with van der Waals surface area (Å²) >= 11 is 1.41. The summed E-state index contributed by atoms with van der Waals surface area (Å²) in [5, 5.41) is 20.1. The third kappa shape index (κ3) is 4.10. The molecule has 0 saturated heterocycles. The van der Waals surface area contributed by atoms with Gasteiger partial charge in [0.25, 0.3) is 0 Å². The monoisotopic (exact) mass is 339 g/mol. The fourth-order valence-corrected chi connectivity index (χ4v) is 3.14. The second-order valence-corrected chi connectivity index (χ2v) is 6.98. The maximum absolute atomic E-state index is 8.76. The van der Waals surface area contributed by atoms with Crippen molar-refractivity contribution in [3.8, 4) is 23.4 Å². The molecule has 24 heavy (non-hydrogen) atoms. The minimum Gasteiger partial charge on any atom is -0.348 e. The topological polar surface area (TPSA) is 77.8 Å². The van der Waals surface area contributed by atoms with Crippen molar-refractivity contribution in [3.05, 3.63) is 22.8 Å². The Bertz CT molecular complexity index is 800. The van der Waals surface area contributed by atoms with Crippen LogP contribution in [0.3, 0.4) is 0 Å². The normalized spacial score (nSPS) is 11.3. The van der Waals surface area contributed by atoms with Gasteiger partial charge in [-0.15, -0.1) is 11.3 Å². The summed E-state index contributed by atoms with van der Waals surface area (Å²) in [6.45, 7) is 9.71. The van der Waals surface area contributed by atoms with Gasteiger partial charge in [-0.25, -0.2) is 9.98 Å². The molecule has 0 aromatic carbocycles. The number of hydrogen-bond acceptors (Lipinski definition) is 5. The molecule has 5 nitrogen and oxygen atoms in total. The Balaban J connectivity index is 2.23. The first-order chi connectivity index (χ1) is 11.5. The Hall–Kier alpha value is -2.44. The summed E-state index contributed by atoms with van der Waals surface area (Å²) in [6, 6.07) is 5.89. The van der Waals surface area contributed by atoms with Crippen LogP contribution in [0.4, 0.5) is 5.13 Å². The molecule has 124 valence electrons. The minimum atomic E-state index is -0.835. The number of aliphatic imine (C=N–C) groups is 1. The molecule has 6 heteroatoms. The number of aryl methyl sites for hydroxylation is 1. The van der Waals surface area contributed by atoms with E-state index < -0.39 is 5.92 Å². The first-order valence-electron chi connectivity index (χ1n) is 7.92. The maximum Gasteiger partial charge on any atom is 0.209 e. The van der Waals surface area contributed by atoms with Gasteiger partial charge in [-0.1, -0.05) is 13.8 Å². The molecule has 0 unspecified atom stereocenters. The van der Waals surface area contributed by atoms with Gasteiger partial charge in [-0.2, -0.15) is 10.5 Å². The number of aromatic nitrogens is 2. The Morgan fingerprint density at radius 3 is 2.67 bits per heavy atom. The summed E-state index contributed by atoms with van der Waals surface area (Å²) in [4.78, 5) is 8.66. The number of hydrogen-bond donors (Lipinski definition) is 0. The fraction of sp³-hybridized carbons (Fsp3) is 0.444. The fourth-order valence-electron chi connectivity index (χ4n) is 2.47. The highest BCUT2D eigenvalue weighted by Crippen LogP contribution is 2.31. The highest BCUT2D eigenvalue weighted by atomic mass is 32.1. The predicted octanol–water partition coefficient (Wildman–Crippen LogP) is 4.64. The van der Waals surface area contributed by atoms with Crippen LogP contribution in [0.5, 0.6) is 0 Å². The summed E-state index contributed by atoms with van der Waals surface area (Å²) in [5.41, 5.74) is 4.45. The van der Waals surface area contributed by atoms with Gasteiger partial charge in [0, 0.05) is 35.1 Å². The zero-order valence-corrected chi connectivity index (χ0v) is 15.3. The molecule has 0 aliphatic rings. The van der Waals surface area contributed by atoms with Crippen LogP contribution in [-0.4, -0.2) is 15.8 Å². The molecule has 0 spiro atoms. The molecule has 2 aromatic heterocycles. The van der Waals surface area contributed by atoms with Crippen molar-refractivity contribution in [1.82, 2.24) is 9.55 Å². The van der Waals surface area contributed by atoms with Crippen LogP contribution in [0.1, 0.15) is 31.7 Å². The summed E-state index contributed by atoms with van der Waals surface area (Å²) in [6.07, 6.45) is 2.49. The first-order valence-corrected chi connectivity index (χ1v) is 8.80. The predicted molar refractivity (Wildman–Crippen MR) is 97.3 cm³/mol. The number of nitriles is 2. The summed E-state index contributed by atoms with van der Waals surface area (Å²) in [7, 11) is 0. The third-order valence-corrected chi connectivity index (χ3v) is 4.63. The van der Waals surface area contributed by atoms with Crippen molar-refractivity contribution in [1.29, 1.82) is 10.5 Å². The van der Waals surface area contributed by atoms with E-state index in [1.807, 2.05) is 17.5 Å². The van der Waals surface area contributed by atoms with Crippen LogP contribution < -0.4 is 0 Å². The molecule has 0 atom stereocenters. The molecule has 0 aliphatic carbocycles. The molecule has 2 heterocycles. The SMILES string of the molecule is Cc1cc(-c2csc(N=CC(C#N)C#N)n2)c(C)n1CCC(C)C. The molecule has 0 fully saturated rings. The Morgan fingerprint density at radius 1 is 1.33 bits per heavy atom. The lowest BCUT2D eigenvalue weighted by Gasteiger charge is -2.11. The smallest absolute Gasteiger partial charge is 0.209 e. The molecule has 0 saturated carbocycles. The minimum absolute atomic E-state index is 0.562. The van der Waals surface area contributed by atoms with Crippen molar-refractivity contribution in [2.45, 2.75) is 40.7 Å². The average Bonchev–Trinajstić information content (AvgIpc) is 3.11. The van der Waals surface area contributed by atoms with E-state index >= 15 is 0 Å². The lowest BCUT2D eigenvalue weighted by atomic mass is 10.1. The molecule has 0 amide bonds. The first kappa shape index (κ1) is 17.9. The van der Waals surface area contributed by atoms with Gasteiger partial charge >= 0.3 is 0 Å². The molecule has 0 aliphatic heterocycles. The largest absolute Gasteiger partial charge is 0.348 e. The highest BCUT2D eigenvalue weighted by Gasteiger charge is 2.14. The summed E-state index contributed by atoms with van der Waals surface area (Å²) in [5.74, 6) is -0.165. The van der Waals surface area contributed by atoms with E-state index in [0.29, 0.717) is 11.0 Å². The lowest BCUT2D eigenvalue weighted by molar-refractivity contribution is 0.507. The van der Waals surface area contributed by atoms with Gasteiger partial charge in [0.05, 0.1) is 17.8 Å².